The summed E-state index contributed by atoms with van der Waals surface area (Å²) in [6.07, 6.45) is 15.1. The maximum Gasteiger partial charge on any atom is 0.0951 e. The van der Waals surface area contributed by atoms with Crippen LogP contribution in [-0.4, -0.2) is 31.1 Å². The molecule has 1 atom stereocenters. The van der Waals surface area contributed by atoms with Crippen molar-refractivity contribution in [3.05, 3.63) is 35.4 Å². The Morgan fingerprint density at radius 2 is 1.50 bits per heavy atom. The van der Waals surface area contributed by atoms with Crippen molar-refractivity contribution in [2.75, 3.05) is 26.2 Å². The first-order valence-corrected chi connectivity index (χ1v) is 12.2. The van der Waals surface area contributed by atoms with Gasteiger partial charge in [-0.3, -0.25) is 0 Å². The third-order valence-corrected chi connectivity index (χ3v) is 6.52. The smallest absolute Gasteiger partial charge is 0.0951 e. The summed E-state index contributed by atoms with van der Waals surface area (Å²) in [5, 5.41) is 0. The number of likely N-dealkylation sites (N-methyl/N-ethyl adjacent to an activating group) is 1. The molecule has 2 heteroatoms. The van der Waals surface area contributed by atoms with Crippen molar-refractivity contribution in [3.63, 3.8) is 0 Å². The van der Waals surface area contributed by atoms with Gasteiger partial charge in [0.05, 0.1) is 6.10 Å². The van der Waals surface area contributed by atoms with E-state index in [1.807, 2.05) is 0 Å². The number of rotatable bonds is 14. The Bertz CT molecular complexity index is 488. The predicted molar refractivity (Wildman–Crippen MR) is 122 cm³/mol. The van der Waals surface area contributed by atoms with Crippen LogP contribution in [0.2, 0.25) is 0 Å². The Hall–Kier alpha value is -0.860. The van der Waals surface area contributed by atoms with Gasteiger partial charge in [-0.05, 0) is 49.4 Å². The molecule has 2 rings (SSSR count). The summed E-state index contributed by atoms with van der Waals surface area (Å²) in [6, 6.07) is 9.46. The molecule has 1 aliphatic carbocycles. The summed E-state index contributed by atoms with van der Waals surface area (Å²) in [5.41, 5.74) is 2.90. The highest BCUT2D eigenvalue weighted by molar-refractivity contribution is 5.27. The topological polar surface area (TPSA) is 12.5 Å². The van der Waals surface area contributed by atoms with Gasteiger partial charge in [0.25, 0.3) is 0 Å². The first-order valence-electron chi connectivity index (χ1n) is 12.2. The molecule has 0 N–H and O–H groups in total. The lowest BCUT2D eigenvalue weighted by Gasteiger charge is -2.27. The van der Waals surface area contributed by atoms with Crippen molar-refractivity contribution in [1.82, 2.24) is 4.90 Å². The van der Waals surface area contributed by atoms with E-state index < -0.39 is 0 Å². The van der Waals surface area contributed by atoms with Gasteiger partial charge >= 0.3 is 0 Å². The molecule has 1 unspecified atom stereocenters. The summed E-state index contributed by atoms with van der Waals surface area (Å²) < 4.78 is 6.41. The number of hydrogen-bond acceptors (Lipinski definition) is 2. The number of unbranched alkanes of at least 4 members (excludes halogenated alkanes) is 5. The summed E-state index contributed by atoms with van der Waals surface area (Å²) in [5.74, 6) is 0.785. The van der Waals surface area contributed by atoms with Crippen molar-refractivity contribution in [2.24, 2.45) is 0 Å². The SMILES string of the molecule is CCCCCCCCOC(CN(CC)CC)c1ccc(C2CCCCC2)cc1. The Kier molecular flexibility index (Phi) is 11.9. The van der Waals surface area contributed by atoms with Gasteiger partial charge in [0.15, 0.2) is 0 Å². The van der Waals surface area contributed by atoms with E-state index in [2.05, 4.69) is 49.9 Å². The molecular weight excluding hydrogens is 342 g/mol. The monoisotopic (exact) mass is 387 g/mol. The molecular formula is C26H45NO. The van der Waals surface area contributed by atoms with Crippen LogP contribution in [0.25, 0.3) is 0 Å². The average Bonchev–Trinajstić information content (AvgIpc) is 2.76. The molecule has 160 valence electrons. The fourth-order valence-electron chi connectivity index (χ4n) is 4.50. The normalized spacial score (nSPS) is 16.6. The van der Waals surface area contributed by atoms with E-state index in [-0.39, 0.29) is 6.10 Å². The van der Waals surface area contributed by atoms with Crippen LogP contribution in [0.1, 0.15) is 115 Å². The minimum atomic E-state index is 0.205. The zero-order valence-corrected chi connectivity index (χ0v) is 18.9. The van der Waals surface area contributed by atoms with E-state index in [9.17, 15) is 0 Å². The van der Waals surface area contributed by atoms with Crippen LogP contribution < -0.4 is 0 Å². The second-order valence-corrected chi connectivity index (χ2v) is 8.61. The maximum absolute atomic E-state index is 6.41. The third kappa shape index (κ3) is 8.25. The minimum Gasteiger partial charge on any atom is -0.372 e. The van der Waals surface area contributed by atoms with E-state index in [4.69, 9.17) is 4.74 Å². The molecule has 0 amide bonds. The standard InChI is InChI=1S/C26H45NO/c1-4-7-8-9-10-14-21-28-26(22-27(5-2)6-3)25-19-17-24(18-20-25)23-15-12-11-13-16-23/h17-20,23,26H,4-16,21-22H2,1-3H3. The first-order chi connectivity index (χ1) is 13.8. The van der Waals surface area contributed by atoms with E-state index in [1.54, 1.807) is 5.56 Å². The van der Waals surface area contributed by atoms with Gasteiger partial charge < -0.3 is 9.64 Å². The van der Waals surface area contributed by atoms with Crippen molar-refractivity contribution in [3.8, 4) is 0 Å². The van der Waals surface area contributed by atoms with Crippen LogP contribution in [0.3, 0.4) is 0 Å². The Morgan fingerprint density at radius 3 is 2.14 bits per heavy atom. The third-order valence-electron chi connectivity index (χ3n) is 6.52. The predicted octanol–water partition coefficient (Wildman–Crippen LogP) is 7.49. The number of ether oxygens (including phenoxy) is 1. The summed E-state index contributed by atoms with van der Waals surface area (Å²) in [4.78, 5) is 2.49. The van der Waals surface area contributed by atoms with Gasteiger partial charge in [0.1, 0.15) is 0 Å². The number of benzene rings is 1. The lowest BCUT2D eigenvalue weighted by atomic mass is 9.84. The highest BCUT2D eigenvalue weighted by Crippen LogP contribution is 2.33. The van der Waals surface area contributed by atoms with Crippen molar-refractivity contribution in [2.45, 2.75) is 103 Å². The van der Waals surface area contributed by atoms with Crippen LogP contribution in [0.4, 0.5) is 0 Å². The van der Waals surface area contributed by atoms with Crippen LogP contribution >= 0.6 is 0 Å². The molecule has 28 heavy (non-hydrogen) atoms. The fraction of sp³-hybridized carbons (Fsp3) is 0.769. The molecule has 1 saturated carbocycles. The van der Waals surface area contributed by atoms with E-state index in [1.165, 1.54) is 76.2 Å². The minimum absolute atomic E-state index is 0.205. The zero-order chi connectivity index (χ0) is 20.0. The average molecular weight is 388 g/mol. The first kappa shape index (κ1) is 23.4. The highest BCUT2D eigenvalue weighted by Gasteiger charge is 2.18. The van der Waals surface area contributed by atoms with Gasteiger partial charge in [-0.1, -0.05) is 96.4 Å². The summed E-state index contributed by atoms with van der Waals surface area (Å²) >= 11 is 0. The Labute approximate surface area is 175 Å². The molecule has 1 aromatic rings. The molecule has 1 aliphatic rings. The van der Waals surface area contributed by atoms with Crippen LogP contribution in [0, 0.1) is 0 Å². The molecule has 2 nitrogen and oxygen atoms in total. The second kappa shape index (κ2) is 14.2. The molecule has 1 aromatic carbocycles. The number of nitrogens with zero attached hydrogens (tertiary/aromatic N) is 1. The van der Waals surface area contributed by atoms with Crippen LogP contribution in [0.5, 0.6) is 0 Å². The molecule has 0 heterocycles. The van der Waals surface area contributed by atoms with Gasteiger partial charge in [-0.25, -0.2) is 0 Å². The van der Waals surface area contributed by atoms with E-state index in [0.717, 1.165) is 32.2 Å². The summed E-state index contributed by atoms with van der Waals surface area (Å²) in [6.45, 7) is 10.9. The van der Waals surface area contributed by atoms with Gasteiger partial charge in [-0.2, -0.15) is 0 Å². The molecule has 0 aromatic heterocycles. The van der Waals surface area contributed by atoms with Gasteiger partial charge in [0, 0.05) is 13.2 Å². The largest absolute Gasteiger partial charge is 0.372 e. The fourth-order valence-corrected chi connectivity index (χ4v) is 4.50. The van der Waals surface area contributed by atoms with Crippen molar-refractivity contribution in [1.29, 1.82) is 0 Å². The molecule has 1 fully saturated rings. The Morgan fingerprint density at radius 1 is 0.857 bits per heavy atom. The van der Waals surface area contributed by atoms with Crippen molar-refractivity contribution >= 4 is 0 Å². The van der Waals surface area contributed by atoms with Crippen LogP contribution in [0.15, 0.2) is 24.3 Å². The van der Waals surface area contributed by atoms with Crippen LogP contribution in [-0.2, 0) is 4.74 Å². The van der Waals surface area contributed by atoms with E-state index >= 15 is 0 Å². The molecule has 0 radical (unpaired) electrons. The summed E-state index contributed by atoms with van der Waals surface area (Å²) in [7, 11) is 0. The molecule has 0 aliphatic heterocycles. The van der Waals surface area contributed by atoms with Crippen molar-refractivity contribution < 1.29 is 4.74 Å². The molecule has 0 saturated heterocycles. The lowest BCUT2D eigenvalue weighted by molar-refractivity contribution is 0.0247. The molecule has 0 bridgehead atoms. The maximum atomic E-state index is 6.41. The van der Waals surface area contributed by atoms with Gasteiger partial charge in [-0.15, -0.1) is 0 Å². The van der Waals surface area contributed by atoms with Gasteiger partial charge in [0.2, 0.25) is 0 Å². The second-order valence-electron chi connectivity index (χ2n) is 8.61. The van der Waals surface area contributed by atoms with E-state index in [0.29, 0.717) is 0 Å². The number of hydrogen-bond donors (Lipinski definition) is 0. The Balaban J connectivity index is 1.89. The quantitative estimate of drug-likeness (QED) is 0.306. The molecule has 0 spiro atoms. The zero-order valence-electron chi connectivity index (χ0n) is 18.9. The lowest BCUT2D eigenvalue weighted by Crippen LogP contribution is -2.29. The highest BCUT2D eigenvalue weighted by atomic mass is 16.5.